The van der Waals surface area contributed by atoms with Crippen molar-refractivity contribution in [3.05, 3.63) is 47.5 Å². The fraction of sp³-hybridized carbons (Fsp3) is 0.375. The number of nitrogens with zero attached hydrogens (tertiary/aromatic N) is 2. The first-order valence-electron chi connectivity index (χ1n) is 6.86. The SMILES string of the molecule is CCCCCCc1ccc(-c2cnc(Cl)nc2)cc1. The van der Waals surface area contributed by atoms with Crippen molar-refractivity contribution in [2.24, 2.45) is 0 Å². The quantitative estimate of drug-likeness (QED) is 0.552. The van der Waals surface area contributed by atoms with Gasteiger partial charge in [0, 0.05) is 18.0 Å². The Morgan fingerprint density at radius 2 is 1.58 bits per heavy atom. The van der Waals surface area contributed by atoms with Crippen molar-refractivity contribution < 1.29 is 0 Å². The van der Waals surface area contributed by atoms with Crippen molar-refractivity contribution in [1.82, 2.24) is 9.97 Å². The van der Waals surface area contributed by atoms with E-state index < -0.39 is 0 Å². The van der Waals surface area contributed by atoms with Gasteiger partial charge in [0.1, 0.15) is 0 Å². The summed E-state index contributed by atoms with van der Waals surface area (Å²) in [6, 6.07) is 8.63. The number of benzene rings is 1. The summed E-state index contributed by atoms with van der Waals surface area (Å²) in [5, 5.41) is 0.288. The molecule has 1 aromatic carbocycles. The summed E-state index contributed by atoms with van der Waals surface area (Å²) >= 11 is 5.69. The first-order chi connectivity index (χ1) is 9.29. The molecule has 0 aliphatic heterocycles. The van der Waals surface area contributed by atoms with Crippen LogP contribution in [0.15, 0.2) is 36.7 Å². The monoisotopic (exact) mass is 274 g/mol. The van der Waals surface area contributed by atoms with Gasteiger partial charge in [0.15, 0.2) is 0 Å². The summed E-state index contributed by atoms with van der Waals surface area (Å²) in [7, 11) is 0. The molecule has 1 aromatic heterocycles. The van der Waals surface area contributed by atoms with Crippen LogP contribution in [0.1, 0.15) is 38.2 Å². The number of hydrogen-bond acceptors (Lipinski definition) is 2. The predicted molar refractivity (Wildman–Crippen MR) is 80.3 cm³/mol. The van der Waals surface area contributed by atoms with E-state index in [1.54, 1.807) is 12.4 Å². The highest BCUT2D eigenvalue weighted by atomic mass is 35.5. The molecule has 0 amide bonds. The Labute approximate surface area is 119 Å². The number of aryl methyl sites for hydroxylation is 1. The topological polar surface area (TPSA) is 25.8 Å². The standard InChI is InChI=1S/C16H19ClN2/c1-2-3-4-5-6-13-7-9-14(10-8-13)15-11-18-16(17)19-12-15/h7-12H,2-6H2,1H3. The third kappa shape index (κ3) is 4.32. The summed E-state index contributed by atoms with van der Waals surface area (Å²) < 4.78 is 0. The maximum atomic E-state index is 5.69. The van der Waals surface area contributed by atoms with E-state index in [1.807, 2.05) is 0 Å². The molecule has 0 atom stereocenters. The van der Waals surface area contributed by atoms with Gasteiger partial charge >= 0.3 is 0 Å². The first-order valence-corrected chi connectivity index (χ1v) is 7.24. The van der Waals surface area contributed by atoms with Crippen LogP contribution in [0.5, 0.6) is 0 Å². The molecular weight excluding hydrogens is 256 g/mol. The molecule has 0 aliphatic rings. The Morgan fingerprint density at radius 3 is 2.21 bits per heavy atom. The lowest BCUT2D eigenvalue weighted by molar-refractivity contribution is 0.667. The van der Waals surface area contributed by atoms with Crippen LogP contribution in [0.3, 0.4) is 0 Å². The van der Waals surface area contributed by atoms with Gasteiger partial charge in [0.05, 0.1) is 0 Å². The Bertz CT molecular complexity index is 491. The second-order valence-electron chi connectivity index (χ2n) is 4.75. The summed E-state index contributed by atoms with van der Waals surface area (Å²) in [5.41, 5.74) is 3.53. The van der Waals surface area contributed by atoms with Crippen LogP contribution in [-0.4, -0.2) is 9.97 Å². The lowest BCUT2D eigenvalue weighted by Crippen LogP contribution is -1.88. The van der Waals surface area contributed by atoms with Crippen LogP contribution in [0.25, 0.3) is 11.1 Å². The summed E-state index contributed by atoms with van der Waals surface area (Å²) in [5.74, 6) is 0. The molecule has 0 bridgehead atoms. The maximum absolute atomic E-state index is 5.69. The zero-order valence-corrected chi connectivity index (χ0v) is 12.0. The molecule has 3 heteroatoms. The van der Waals surface area contributed by atoms with Crippen LogP contribution in [0.4, 0.5) is 0 Å². The van der Waals surface area contributed by atoms with E-state index in [4.69, 9.17) is 11.6 Å². The number of aromatic nitrogens is 2. The third-order valence-electron chi connectivity index (χ3n) is 3.23. The van der Waals surface area contributed by atoms with Crippen LogP contribution in [0, 0.1) is 0 Å². The van der Waals surface area contributed by atoms with Crippen LogP contribution in [-0.2, 0) is 6.42 Å². The van der Waals surface area contributed by atoms with Crippen molar-refractivity contribution in [2.45, 2.75) is 39.0 Å². The number of halogens is 1. The molecule has 0 aliphatic carbocycles. The molecule has 0 spiro atoms. The van der Waals surface area contributed by atoms with E-state index in [0.717, 1.165) is 17.5 Å². The summed E-state index contributed by atoms with van der Waals surface area (Å²) in [6.07, 6.45) is 9.89. The second kappa shape index (κ2) is 7.25. The van der Waals surface area contributed by atoms with Gasteiger partial charge in [0.2, 0.25) is 5.28 Å². The molecule has 2 rings (SSSR count). The number of hydrogen-bond donors (Lipinski definition) is 0. The third-order valence-corrected chi connectivity index (χ3v) is 3.42. The van der Waals surface area contributed by atoms with Gasteiger partial charge in [-0.25, -0.2) is 9.97 Å². The molecule has 100 valence electrons. The maximum Gasteiger partial charge on any atom is 0.222 e. The Kier molecular flexibility index (Phi) is 5.34. The minimum Gasteiger partial charge on any atom is -0.226 e. The van der Waals surface area contributed by atoms with Crippen LogP contribution in [0.2, 0.25) is 5.28 Å². The first kappa shape index (κ1) is 14.0. The average molecular weight is 275 g/mol. The molecule has 0 fully saturated rings. The van der Waals surface area contributed by atoms with E-state index in [1.165, 1.54) is 31.2 Å². The lowest BCUT2D eigenvalue weighted by Gasteiger charge is -2.04. The van der Waals surface area contributed by atoms with E-state index in [2.05, 4.69) is 41.2 Å². The van der Waals surface area contributed by atoms with Crippen molar-refractivity contribution >= 4 is 11.6 Å². The van der Waals surface area contributed by atoms with Gasteiger partial charge in [-0.15, -0.1) is 0 Å². The fourth-order valence-electron chi connectivity index (χ4n) is 2.08. The number of rotatable bonds is 6. The van der Waals surface area contributed by atoms with Gasteiger partial charge in [-0.05, 0) is 35.6 Å². The van der Waals surface area contributed by atoms with Crippen molar-refractivity contribution in [2.75, 3.05) is 0 Å². The van der Waals surface area contributed by atoms with Gasteiger partial charge in [-0.1, -0.05) is 50.5 Å². The van der Waals surface area contributed by atoms with Gasteiger partial charge in [-0.3, -0.25) is 0 Å². The average Bonchev–Trinajstić information content (AvgIpc) is 2.45. The fourth-order valence-corrected chi connectivity index (χ4v) is 2.18. The molecule has 2 aromatic rings. The highest BCUT2D eigenvalue weighted by molar-refractivity contribution is 6.28. The van der Waals surface area contributed by atoms with Crippen molar-refractivity contribution in [3.63, 3.8) is 0 Å². The second-order valence-corrected chi connectivity index (χ2v) is 5.09. The molecule has 0 saturated carbocycles. The smallest absolute Gasteiger partial charge is 0.222 e. The zero-order valence-electron chi connectivity index (χ0n) is 11.3. The molecule has 0 radical (unpaired) electrons. The van der Waals surface area contributed by atoms with Gasteiger partial charge in [-0.2, -0.15) is 0 Å². The summed E-state index contributed by atoms with van der Waals surface area (Å²) in [6.45, 7) is 2.24. The molecule has 19 heavy (non-hydrogen) atoms. The minimum atomic E-state index is 0.288. The molecular formula is C16H19ClN2. The molecule has 0 unspecified atom stereocenters. The van der Waals surface area contributed by atoms with Crippen molar-refractivity contribution in [1.29, 1.82) is 0 Å². The minimum absolute atomic E-state index is 0.288. The number of unbranched alkanes of at least 4 members (excludes halogenated alkanes) is 3. The Balaban J connectivity index is 1.96. The van der Waals surface area contributed by atoms with Crippen molar-refractivity contribution in [3.8, 4) is 11.1 Å². The Hall–Kier alpha value is -1.41. The molecule has 1 heterocycles. The van der Waals surface area contributed by atoms with E-state index >= 15 is 0 Å². The molecule has 2 nitrogen and oxygen atoms in total. The van der Waals surface area contributed by atoms with E-state index in [9.17, 15) is 0 Å². The van der Waals surface area contributed by atoms with Crippen LogP contribution >= 0.6 is 11.6 Å². The summed E-state index contributed by atoms with van der Waals surface area (Å²) in [4.78, 5) is 8.00. The normalized spacial score (nSPS) is 10.6. The zero-order chi connectivity index (χ0) is 13.5. The van der Waals surface area contributed by atoms with Crippen LogP contribution < -0.4 is 0 Å². The molecule has 0 N–H and O–H groups in total. The highest BCUT2D eigenvalue weighted by Crippen LogP contribution is 2.19. The predicted octanol–water partition coefficient (Wildman–Crippen LogP) is 4.92. The highest BCUT2D eigenvalue weighted by Gasteiger charge is 2.00. The van der Waals surface area contributed by atoms with Gasteiger partial charge < -0.3 is 0 Å². The van der Waals surface area contributed by atoms with E-state index in [0.29, 0.717) is 0 Å². The van der Waals surface area contributed by atoms with Gasteiger partial charge in [0.25, 0.3) is 0 Å². The largest absolute Gasteiger partial charge is 0.226 e. The molecule has 0 saturated heterocycles. The lowest BCUT2D eigenvalue weighted by atomic mass is 10.0. The van der Waals surface area contributed by atoms with E-state index in [-0.39, 0.29) is 5.28 Å². The Morgan fingerprint density at radius 1 is 0.895 bits per heavy atom.